The molecule has 3 heteroatoms. The van der Waals surface area contributed by atoms with E-state index < -0.39 is 0 Å². The molecule has 3 nitrogen and oxygen atoms in total. The van der Waals surface area contributed by atoms with Gasteiger partial charge < -0.3 is 14.8 Å². The zero-order valence-electron chi connectivity index (χ0n) is 10.8. The van der Waals surface area contributed by atoms with E-state index in [9.17, 15) is 0 Å². The second-order valence-electron chi connectivity index (χ2n) is 5.18. The van der Waals surface area contributed by atoms with Gasteiger partial charge in [-0.3, -0.25) is 0 Å². The number of hydrogen-bond acceptors (Lipinski definition) is 3. The summed E-state index contributed by atoms with van der Waals surface area (Å²) in [6.07, 6.45) is 0. The van der Waals surface area contributed by atoms with Gasteiger partial charge in [0.05, 0.1) is 20.3 Å². The van der Waals surface area contributed by atoms with Crippen LogP contribution in [0.25, 0.3) is 0 Å². The van der Waals surface area contributed by atoms with Gasteiger partial charge in [-0.25, -0.2) is 0 Å². The molecular weight excluding hydrogens is 214 g/mol. The van der Waals surface area contributed by atoms with Gasteiger partial charge in [0.25, 0.3) is 0 Å². The highest BCUT2D eigenvalue weighted by atomic mass is 16.5. The molecule has 2 rings (SSSR count). The van der Waals surface area contributed by atoms with Crippen LogP contribution in [-0.2, 0) is 4.74 Å². The molecule has 0 aliphatic carbocycles. The van der Waals surface area contributed by atoms with Gasteiger partial charge in [0.1, 0.15) is 5.75 Å². The third kappa shape index (κ3) is 2.99. The van der Waals surface area contributed by atoms with Crippen LogP contribution in [0, 0.1) is 5.41 Å². The van der Waals surface area contributed by atoms with Crippen molar-refractivity contribution >= 4 is 0 Å². The molecule has 0 unspecified atom stereocenters. The van der Waals surface area contributed by atoms with E-state index in [2.05, 4.69) is 31.3 Å². The molecule has 1 aromatic carbocycles. The molecule has 0 amide bonds. The number of methoxy groups -OCH3 is 1. The number of ether oxygens (including phenoxy) is 2. The van der Waals surface area contributed by atoms with Crippen LogP contribution >= 0.6 is 0 Å². The summed E-state index contributed by atoms with van der Waals surface area (Å²) in [5.41, 5.74) is 1.61. The van der Waals surface area contributed by atoms with Gasteiger partial charge in [-0.1, -0.05) is 19.1 Å². The maximum Gasteiger partial charge on any atom is 0.118 e. The first-order valence-electron chi connectivity index (χ1n) is 6.08. The molecule has 1 aromatic rings. The summed E-state index contributed by atoms with van der Waals surface area (Å²) in [7, 11) is 1.69. The maximum atomic E-state index is 5.25. The van der Waals surface area contributed by atoms with Crippen LogP contribution in [0.3, 0.4) is 0 Å². The molecule has 1 aliphatic heterocycles. The lowest BCUT2D eigenvalue weighted by molar-refractivity contribution is -0.0999. The minimum absolute atomic E-state index is 0.320. The predicted molar refractivity (Wildman–Crippen MR) is 68.3 cm³/mol. The van der Waals surface area contributed by atoms with Crippen molar-refractivity contribution in [1.29, 1.82) is 0 Å². The summed E-state index contributed by atoms with van der Waals surface area (Å²) in [4.78, 5) is 0. The van der Waals surface area contributed by atoms with Crippen molar-refractivity contribution in [1.82, 2.24) is 5.32 Å². The summed E-state index contributed by atoms with van der Waals surface area (Å²) < 4.78 is 10.4. The van der Waals surface area contributed by atoms with Crippen LogP contribution in [0.5, 0.6) is 5.75 Å². The second-order valence-corrected chi connectivity index (χ2v) is 5.18. The average Bonchev–Trinajstić information content (AvgIpc) is 2.33. The van der Waals surface area contributed by atoms with E-state index in [4.69, 9.17) is 9.47 Å². The molecule has 1 heterocycles. The Hall–Kier alpha value is -1.06. The SMILES string of the molecule is COc1ccc([C@H](C)NCC2(C)COC2)cc1. The van der Waals surface area contributed by atoms with Gasteiger partial charge >= 0.3 is 0 Å². The average molecular weight is 235 g/mol. The van der Waals surface area contributed by atoms with Crippen LogP contribution in [0.4, 0.5) is 0 Å². The molecule has 1 saturated heterocycles. The van der Waals surface area contributed by atoms with E-state index in [0.717, 1.165) is 25.5 Å². The fourth-order valence-electron chi connectivity index (χ4n) is 1.96. The van der Waals surface area contributed by atoms with Crippen molar-refractivity contribution in [3.8, 4) is 5.75 Å². The summed E-state index contributed by atoms with van der Waals surface area (Å²) in [5.74, 6) is 0.903. The molecule has 0 bridgehead atoms. The molecule has 0 radical (unpaired) electrons. The highest BCUT2D eigenvalue weighted by Crippen LogP contribution is 2.26. The van der Waals surface area contributed by atoms with Crippen LogP contribution in [-0.4, -0.2) is 26.9 Å². The van der Waals surface area contributed by atoms with E-state index >= 15 is 0 Å². The standard InChI is InChI=1S/C14H21NO2/c1-11(15-8-14(2)9-17-10-14)12-4-6-13(16-3)7-5-12/h4-7,11,15H,8-10H2,1-3H3/t11-/m0/s1. The molecule has 1 atom stereocenters. The first-order chi connectivity index (χ1) is 8.13. The molecule has 1 fully saturated rings. The first-order valence-corrected chi connectivity index (χ1v) is 6.08. The Labute approximate surface area is 103 Å². The van der Waals surface area contributed by atoms with Crippen molar-refractivity contribution in [2.75, 3.05) is 26.9 Å². The van der Waals surface area contributed by atoms with Gasteiger partial charge in [0.15, 0.2) is 0 Å². The smallest absolute Gasteiger partial charge is 0.118 e. The minimum atomic E-state index is 0.320. The normalized spacial score (nSPS) is 19.5. The van der Waals surface area contributed by atoms with E-state index in [0.29, 0.717) is 11.5 Å². The Balaban J connectivity index is 1.87. The monoisotopic (exact) mass is 235 g/mol. The lowest BCUT2D eigenvalue weighted by Gasteiger charge is -2.39. The Kier molecular flexibility index (Phi) is 3.69. The van der Waals surface area contributed by atoms with Crippen LogP contribution < -0.4 is 10.1 Å². The third-order valence-electron chi connectivity index (χ3n) is 3.35. The summed E-state index contributed by atoms with van der Waals surface area (Å²) in [6.45, 7) is 7.18. The molecule has 94 valence electrons. The topological polar surface area (TPSA) is 30.5 Å². The quantitative estimate of drug-likeness (QED) is 0.850. The highest BCUT2D eigenvalue weighted by molar-refractivity contribution is 5.28. The largest absolute Gasteiger partial charge is 0.497 e. The van der Waals surface area contributed by atoms with E-state index in [1.165, 1.54) is 5.56 Å². The Morgan fingerprint density at radius 2 is 2.00 bits per heavy atom. The molecule has 0 saturated carbocycles. The molecular formula is C14H21NO2. The summed E-state index contributed by atoms with van der Waals surface area (Å²) in [5, 5.41) is 3.56. The molecule has 1 aliphatic rings. The fraction of sp³-hybridized carbons (Fsp3) is 0.571. The van der Waals surface area contributed by atoms with E-state index in [1.54, 1.807) is 7.11 Å². The Bertz CT molecular complexity index is 357. The second kappa shape index (κ2) is 5.07. The minimum Gasteiger partial charge on any atom is -0.497 e. The molecule has 1 N–H and O–H groups in total. The highest BCUT2D eigenvalue weighted by Gasteiger charge is 2.33. The predicted octanol–water partition coefficient (Wildman–Crippen LogP) is 2.38. The van der Waals surface area contributed by atoms with E-state index in [-0.39, 0.29) is 0 Å². The third-order valence-corrected chi connectivity index (χ3v) is 3.35. The first kappa shape index (κ1) is 12.4. The van der Waals surface area contributed by atoms with Gasteiger partial charge in [-0.2, -0.15) is 0 Å². The van der Waals surface area contributed by atoms with Crippen molar-refractivity contribution in [2.45, 2.75) is 19.9 Å². The number of nitrogens with one attached hydrogen (secondary N) is 1. The van der Waals surface area contributed by atoms with Gasteiger partial charge in [-0.15, -0.1) is 0 Å². The number of rotatable bonds is 5. The van der Waals surface area contributed by atoms with Crippen molar-refractivity contribution in [3.63, 3.8) is 0 Å². The number of hydrogen-bond donors (Lipinski definition) is 1. The lowest BCUT2D eigenvalue weighted by Crippen LogP contribution is -2.47. The molecule has 17 heavy (non-hydrogen) atoms. The van der Waals surface area contributed by atoms with Crippen molar-refractivity contribution in [3.05, 3.63) is 29.8 Å². The lowest BCUT2D eigenvalue weighted by atomic mass is 9.88. The van der Waals surface area contributed by atoms with Gasteiger partial charge in [-0.05, 0) is 24.6 Å². The van der Waals surface area contributed by atoms with Crippen molar-refractivity contribution < 1.29 is 9.47 Å². The maximum absolute atomic E-state index is 5.25. The van der Waals surface area contributed by atoms with Crippen LogP contribution in [0.15, 0.2) is 24.3 Å². The summed E-state index contributed by atoms with van der Waals surface area (Å²) >= 11 is 0. The molecule has 0 aromatic heterocycles. The zero-order chi connectivity index (χ0) is 12.3. The van der Waals surface area contributed by atoms with Gasteiger partial charge in [0, 0.05) is 18.0 Å². The van der Waals surface area contributed by atoms with Crippen molar-refractivity contribution in [2.24, 2.45) is 5.41 Å². The number of benzene rings is 1. The van der Waals surface area contributed by atoms with Gasteiger partial charge in [0.2, 0.25) is 0 Å². The van der Waals surface area contributed by atoms with Crippen LogP contribution in [0.2, 0.25) is 0 Å². The van der Waals surface area contributed by atoms with Crippen LogP contribution in [0.1, 0.15) is 25.5 Å². The summed E-state index contributed by atoms with van der Waals surface area (Å²) in [6, 6.07) is 8.58. The Morgan fingerprint density at radius 3 is 2.47 bits per heavy atom. The zero-order valence-corrected chi connectivity index (χ0v) is 10.8. The fourth-order valence-corrected chi connectivity index (χ4v) is 1.96. The molecule has 0 spiro atoms. The Morgan fingerprint density at radius 1 is 1.35 bits per heavy atom. The van der Waals surface area contributed by atoms with E-state index in [1.807, 2.05) is 12.1 Å².